The van der Waals surface area contributed by atoms with E-state index in [1.807, 2.05) is 0 Å². The summed E-state index contributed by atoms with van der Waals surface area (Å²) in [4.78, 5) is 0. The van der Waals surface area contributed by atoms with E-state index in [2.05, 4.69) is 13.8 Å². The summed E-state index contributed by atoms with van der Waals surface area (Å²) in [6.07, 6.45) is 2.38. The fraction of sp³-hybridized carbons (Fsp3) is 0.538. The SMILES string of the molecule is CCC(C)CC(Cl)Cc1ccc(F)cc1F. The first-order valence-electron chi connectivity index (χ1n) is 5.61. The van der Waals surface area contributed by atoms with Crippen molar-refractivity contribution in [3.05, 3.63) is 35.4 Å². The quantitative estimate of drug-likeness (QED) is 0.669. The van der Waals surface area contributed by atoms with E-state index in [1.165, 1.54) is 12.1 Å². The van der Waals surface area contributed by atoms with E-state index in [9.17, 15) is 8.78 Å². The van der Waals surface area contributed by atoms with Crippen molar-refractivity contribution in [2.75, 3.05) is 0 Å². The first-order chi connectivity index (χ1) is 7.52. The van der Waals surface area contributed by atoms with Gasteiger partial charge in [-0.1, -0.05) is 26.3 Å². The maximum Gasteiger partial charge on any atom is 0.129 e. The predicted octanol–water partition coefficient (Wildman–Crippen LogP) is 4.55. The molecule has 0 bridgehead atoms. The number of benzene rings is 1. The van der Waals surface area contributed by atoms with Crippen molar-refractivity contribution in [3.63, 3.8) is 0 Å². The van der Waals surface area contributed by atoms with Gasteiger partial charge in [-0.05, 0) is 30.4 Å². The standard InChI is InChI=1S/C13H17ClF2/c1-3-9(2)6-11(14)7-10-4-5-12(15)8-13(10)16/h4-5,8-9,11H,3,6-7H2,1-2H3. The lowest BCUT2D eigenvalue weighted by molar-refractivity contribution is 0.494. The van der Waals surface area contributed by atoms with Gasteiger partial charge in [0, 0.05) is 11.4 Å². The van der Waals surface area contributed by atoms with Crippen LogP contribution in [0, 0.1) is 17.6 Å². The van der Waals surface area contributed by atoms with E-state index in [-0.39, 0.29) is 5.38 Å². The molecule has 0 saturated heterocycles. The summed E-state index contributed by atoms with van der Waals surface area (Å²) in [5.74, 6) is -0.518. The third-order valence-corrected chi connectivity index (χ3v) is 3.14. The minimum Gasteiger partial charge on any atom is -0.207 e. The second-order valence-corrected chi connectivity index (χ2v) is 4.90. The molecule has 0 N–H and O–H groups in total. The van der Waals surface area contributed by atoms with Crippen LogP contribution in [0.2, 0.25) is 0 Å². The lowest BCUT2D eigenvalue weighted by atomic mass is 9.98. The summed E-state index contributed by atoms with van der Waals surface area (Å²) in [6, 6.07) is 3.64. The normalized spacial score (nSPS) is 14.8. The van der Waals surface area contributed by atoms with Crippen molar-refractivity contribution in [2.24, 2.45) is 5.92 Å². The molecule has 0 nitrogen and oxygen atoms in total. The molecule has 0 aliphatic heterocycles. The second kappa shape index (κ2) is 6.19. The molecule has 2 unspecified atom stereocenters. The van der Waals surface area contributed by atoms with E-state index < -0.39 is 11.6 Å². The van der Waals surface area contributed by atoms with Crippen LogP contribution >= 0.6 is 11.6 Å². The molecule has 0 heterocycles. The number of hydrogen-bond donors (Lipinski definition) is 0. The Morgan fingerprint density at radius 1 is 1.31 bits per heavy atom. The average molecular weight is 247 g/mol. The molecule has 0 fully saturated rings. The van der Waals surface area contributed by atoms with Gasteiger partial charge in [0.2, 0.25) is 0 Å². The monoisotopic (exact) mass is 246 g/mol. The second-order valence-electron chi connectivity index (χ2n) is 4.29. The average Bonchev–Trinajstić information content (AvgIpc) is 2.22. The molecule has 0 aliphatic rings. The van der Waals surface area contributed by atoms with Crippen LogP contribution in [0.4, 0.5) is 8.78 Å². The van der Waals surface area contributed by atoms with E-state index >= 15 is 0 Å². The molecule has 0 saturated carbocycles. The van der Waals surface area contributed by atoms with Crippen molar-refractivity contribution >= 4 is 11.6 Å². The molecule has 1 rings (SSSR count). The Hall–Kier alpha value is -0.630. The zero-order valence-electron chi connectivity index (χ0n) is 9.64. The van der Waals surface area contributed by atoms with Crippen LogP contribution in [-0.4, -0.2) is 5.38 Å². The molecule has 0 amide bonds. The van der Waals surface area contributed by atoms with E-state index in [0.717, 1.165) is 18.9 Å². The van der Waals surface area contributed by atoms with Crippen LogP contribution in [0.3, 0.4) is 0 Å². The fourth-order valence-electron chi connectivity index (χ4n) is 1.61. The third-order valence-electron chi connectivity index (χ3n) is 2.81. The van der Waals surface area contributed by atoms with Crippen LogP contribution in [0.5, 0.6) is 0 Å². The Bertz CT molecular complexity index is 339. The van der Waals surface area contributed by atoms with Gasteiger partial charge >= 0.3 is 0 Å². The Labute approximate surface area is 101 Å². The van der Waals surface area contributed by atoms with Gasteiger partial charge in [-0.15, -0.1) is 11.6 Å². The van der Waals surface area contributed by atoms with Crippen molar-refractivity contribution in [3.8, 4) is 0 Å². The Morgan fingerprint density at radius 2 is 2.00 bits per heavy atom. The summed E-state index contributed by atoms with van der Waals surface area (Å²) in [6.45, 7) is 4.23. The maximum absolute atomic E-state index is 13.3. The van der Waals surface area contributed by atoms with Gasteiger partial charge < -0.3 is 0 Å². The van der Waals surface area contributed by atoms with Crippen molar-refractivity contribution in [1.29, 1.82) is 0 Å². The van der Waals surface area contributed by atoms with Gasteiger partial charge in [0.1, 0.15) is 11.6 Å². The summed E-state index contributed by atoms with van der Waals surface area (Å²) in [5, 5.41) is -0.0880. The molecule has 0 aliphatic carbocycles. The lowest BCUT2D eigenvalue weighted by Gasteiger charge is -2.14. The highest BCUT2D eigenvalue weighted by Crippen LogP contribution is 2.20. The molecule has 1 aromatic rings. The van der Waals surface area contributed by atoms with Crippen molar-refractivity contribution in [1.82, 2.24) is 0 Å². The smallest absolute Gasteiger partial charge is 0.129 e. The number of rotatable bonds is 5. The highest BCUT2D eigenvalue weighted by Gasteiger charge is 2.13. The van der Waals surface area contributed by atoms with Gasteiger partial charge in [0.25, 0.3) is 0 Å². The molecule has 3 heteroatoms. The van der Waals surface area contributed by atoms with Crippen LogP contribution in [0.1, 0.15) is 32.3 Å². The first-order valence-corrected chi connectivity index (χ1v) is 6.04. The number of alkyl halides is 1. The summed E-state index contributed by atoms with van der Waals surface area (Å²) in [7, 11) is 0. The molecule has 2 atom stereocenters. The van der Waals surface area contributed by atoms with Crippen LogP contribution in [0.25, 0.3) is 0 Å². The molecule has 90 valence electrons. The Kier molecular flexibility index (Phi) is 5.20. The van der Waals surface area contributed by atoms with E-state index in [0.29, 0.717) is 17.9 Å². The molecule has 1 aromatic carbocycles. The molecule has 0 spiro atoms. The van der Waals surface area contributed by atoms with Gasteiger partial charge in [-0.2, -0.15) is 0 Å². The highest BCUT2D eigenvalue weighted by atomic mass is 35.5. The highest BCUT2D eigenvalue weighted by molar-refractivity contribution is 6.20. The van der Waals surface area contributed by atoms with Crippen LogP contribution in [0.15, 0.2) is 18.2 Å². The first kappa shape index (κ1) is 13.4. The number of hydrogen-bond acceptors (Lipinski definition) is 0. The summed E-state index contributed by atoms with van der Waals surface area (Å²) < 4.78 is 26.0. The van der Waals surface area contributed by atoms with Crippen LogP contribution in [-0.2, 0) is 6.42 Å². The zero-order valence-corrected chi connectivity index (χ0v) is 10.4. The minimum atomic E-state index is -0.547. The zero-order chi connectivity index (χ0) is 12.1. The Balaban J connectivity index is 2.59. The van der Waals surface area contributed by atoms with Crippen molar-refractivity contribution < 1.29 is 8.78 Å². The summed E-state index contributed by atoms with van der Waals surface area (Å²) in [5.41, 5.74) is 0.490. The topological polar surface area (TPSA) is 0 Å². The summed E-state index contributed by atoms with van der Waals surface area (Å²) >= 11 is 6.14. The lowest BCUT2D eigenvalue weighted by Crippen LogP contribution is -2.09. The molecular weight excluding hydrogens is 230 g/mol. The van der Waals surface area contributed by atoms with Gasteiger partial charge in [-0.25, -0.2) is 8.78 Å². The molecule has 0 aromatic heterocycles. The van der Waals surface area contributed by atoms with Gasteiger partial charge in [-0.3, -0.25) is 0 Å². The third kappa shape index (κ3) is 4.09. The van der Waals surface area contributed by atoms with E-state index in [4.69, 9.17) is 11.6 Å². The fourth-order valence-corrected chi connectivity index (χ4v) is 2.08. The maximum atomic E-state index is 13.3. The molecular formula is C13H17ClF2. The van der Waals surface area contributed by atoms with Gasteiger partial charge in [0.05, 0.1) is 0 Å². The van der Waals surface area contributed by atoms with Gasteiger partial charge in [0.15, 0.2) is 0 Å². The minimum absolute atomic E-state index is 0.0880. The Morgan fingerprint density at radius 3 is 2.56 bits per heavy atom. The van der Waals surface area contributed by atoms with Crippen molar-refractivity contribution in [2.45, 2.75) is 38.5 Å². The number of halogens is 3. The molecule has 16 heavy (non-hydrogen) atoms. The molecule has 0 radical (unpaired) electrons. The predicted molar refractivity (Wildman–Crippen MR) is 63.8 cm³/mol. The van der Waals surface area contributed by atoms with E-state index in [1.54, 1.807) is 0 Å². The van der Waals surface area contributed by atoms with Crippen LogP contribution < -0.4 is 0 Å². The largest absolute Gasteiger partial charge is 0.207 e.